The van der Waals surface area contributed by atoms with Gasteiger partial charge in [-0.25, -0.2) is 19.6 Å². The van der Waals surface area contributed by atoms with Crippen LogP contribution in [0.5, 0.6) is 5.88 Å². The molecule has 3 aromatic heterocycles. The van der Waals surface area contributed by atoms with E-state index in [1.807, 2.05) is 6.92 Å². The summed E-state index contributed by atoms with van der Waals surface area (Å²) in [5.74, 6) is 1.33. The molecule has 0 bridgehead atoms. The average molecular weight is 553 g/mol. The number of aromatic nitrogens is 7. The number of alkyl halides is 3. The van der Waals surface area contributed by atoms with Gasteiger partial charge in [0.15, 0.2) is 11.5 Å². The highest BCUT2D eigenvalue weighted by Gasteiger charge is 2.37. The van der Waals surface area contributed by atoms with Crippen molar-refractivity contribution >= 4 is 11.9 Å². The van der Waals surface area contributed by atoms with Gasteiger partial charge < -0.3 is 9.30 Å². The molecule has 2 aliphatic rings. The lowest BCUT2D eigenvalue weighted by atomic mass is 10.1. The van der Waals surface area contributed by atoms with E-state index in [0.29, 0.717) is 47.8 Å². The van der Waals surface area contributed by atoms with E-state index in [-0.39, 0.29) is 24.2 Å². The van der Waals surface area contributed by atoms with Gasteiger partial charge >= 0.3 is 6.18 Å². The molecule has 1 aliphatic heterocycles. The first kappa shape index (κ1) is 26.0. The fourth-order valence-corrected chi connectivity index (χ4v) is 4.99. The predicted molar refractivity (Wildman–Crippen MR) is 138 cm³/mol. The maximum atomic E-state index is 13.3. The number of nitrogens with zero attached hydrogens (tertiary/aromatic N) is 8. The van der Waals surface area contributed by atoms with Crippen molar-refractivity contribution in [2.24, 2.45) is 5.92 Å². The Kier molecular flexibility index (Phi) is 6.31. The summed E-state index contributed by atoms with van der Waals surface area (Å²) in [4.78, 5) is 32.2. The Bertz CT molecular complexity index is 1570. The number of carbonyl (C=O) groups excluding carboxylic acids is 1. The second-order valence-electron chi connectivity index (χ2n) is 10.1. The van der Waals surface area contributed by atoms with Gasteiger partial charge in [-0.05, 0) is 25.3 Å². The second-order valence-corrected chi connectivity index (χ2v) is 10.1. The summed E-state index contributed by atoms with van der Waals surface area (Å²) in [6.45, 7) is 4.55. The van der Waals surface area contributed by atoms with E-state index in [1.54, 1.807) is 40.8 Å². The second kappa shape index (κ2) is 9.72. The quantitative estimate of drug-likeness (QED) is 0.327. The summed E-state index contributed by atoms with van der Waals surface area (Å²) < 4.78 is 48.4. The lowest BCUT2D eigenvalue weighted by Crippen LogP contribution is -2.42. The number of methoxy groups -OCH3 is 1. The third kappa shape index (κ3) is 4.58. The molecule has 1 amide bonds. The molecule has 208 valence electrons. The molecule has 0 saturated heterocycles. The number of aryl methyl sites for hydroxylation is 1. The molecule has 0 N–H and O–H groups in total. The SMILES string of the molecule is CCn1cc(C(F)(F)F)nc1-c1ccc(CN2C(=O)C(C)Cn3nc(-c4c(OC)ncnc4C4CC4)nc32)cc1. The smallest absolute Gasteiger partial charge is 0.434 e. The number of imidazole rings is 1. The monoisotopic (exact) mass is 552 g/mol. The normalized spacial score (nSPS) is 17.3. The molecule has 1 fully saturated rings. The molecule has 1 aromatic carbocycles. The van der Waals surface area contributed by atoms with Crippen LogP contribution in [0.25, 0.3) is 22.8 Å². The van der Waals surface area contributed by atoms with Crippen LogP contribution in [-0.2, 0) is 30.6 Å². The van der Waals surface area contributed by atoms with E-state index < -0.39 is 11.9 Å². The van der Waals surface area contributed by atoms with Crippen LogP contribution in [0.2, 0.25) is 0 Å². The number of anilines is 1. The minimum absolute atomic E-state index is 0.0921. The zero-order valence-corrected chi connectivity index (χ0v) is 22.2. The number of halogens is 3. The first-order valence-corrected chi connectivity index (χ1v) is 13.1. The first-order valence-electron chi connectivity index (χ1n) is 13.1. The lowest BCUT2D eigenvalue weighted by molar-refractivity contribution is -0.140. The predicted octanol–water partition coefficient (Wildman–Crippen LogP) is 4.71. The molecule has 13 heteroatoms. The molecule has 1 unspecified atom stereocenters. The van der Waals surface area contributed by atoms with Gasteiger partial charge in [0.1, 0.15) is 17.7 Å². The molecule has 6 rings (SSSR count). The van der Waals surface area contributed by atoms with Gasteiger partial charge in [0.2, 0.25) is 17.7 Å². The van der Waals surface area contributed by atoms with E-state index in [0.717, 1.165) is 30.3 Å². The molecule has 1 saturated carbocycles. The van der Waals surface area contributed by atoms with E-state index in [9.17, 15) is 18.0 Å². The average Bonchev–Trinajstić information content (AvgIpc) is 3.55. The van der Waals surface area contributed by atoms with Gasteiger partial charge in [0.05, 0.1) is 31.8 Å². The Morgan fingerprint density at radius 1 is 1.10 bits per heavy atom. The number of hydrogen-bond donors (Lipinski definition) is 0. The van der Waals surface area contributed by atoms with Gasteiger partial charge in [0, 0.05) is 24.2 Å². The fraction of sp³-hybridized carbons (Fsp3) is 0.407. The van der Waals surface area contributed by atoms with E-state index in [4.69, 9.17) is 14.8 Å². The summed E-state index contributed by atoms with van der Waals surface area (Å²) in [7, 11) is 1.54. The van der Waals surface area contributed by atoms with Crippen LogP contribution >= 0.6 is 0 Å². The zero-order chi connectivity index (χ0) is 28.2. The number of carbonyl (C=O) groups is 1. The molecule has 0 spiro atoms. The van der Waals surface area contributed by atoms with Crippen molar-refractivity contribution in [3.63, 3.8) is 0 Å². The van der Waals surface area contributed by atoms with Crippen molar-refractivity contribution in [3.05, 3.63) is 53.7 Å². The summed E-state index contributed by atoms with van der Waals surface area (Å²) in [6.07, 6.45) is 0.0145. The van der Waals surface area contributed by atoms with Crippen molar-refractivity contribution in [2.75, 3.05) is 12.0 Å². The number of benzene rings is 1. The van der Waals surface area contributed by atoms with Crippen molar-refractivity contribution in [1.82, 2.24) is 34.3 Å². The summed E-state index contributed by atoms with van der Waals surface area (Å²) in [6, 6.07) is 6.99. The van der Waals surface area contributed by atoms with Gasteiger partial charge in [-0.15, -0.1) is 5.10 Å². The Morgan fingerprint density at radius 3 is 2.50 bits per heavy atom. The maximum Gasteiger partial charge on any atom is 0.434 e. The first-order chi connectivity index (χ1) is 19.2. The van der Waals surface area contributed by atoms with Crippen LogP contribution in [0, 0.1) is 5.92 Å². The van der Waals surface area contributed by atoms with Crippen LogP contribution < -0.4 is 9.64 Å². The highest BCUT2D eigenvalue weighted by molar-refractivity contribution is 5.94. The van der Waals surface area contributed by atoms with Gasteiger partial charge in [-0.3, -0.25) is 9.69 Å². The molecule has 4 heterocycles. The summed E-state index contributed by atoms with van der Waals surface area (Å²) in [5, 5.41) is 4.72. The van der Waals surface area contributed by atoms with Crippen molar-refractivity contribution in [2.45, 2.75) is 58.4 Å². The molecule has 0 radical (unpaired) electrons. The number of amides is 1. The maximum absolute atomic E-state index is 13.3. The minimum atomic E-state index is -4.52. The van der Waals surface area contributed by atoms with Gasteiger partial charge in [-0.2, -0.15) is 18.2 Å². The minimum Gasteiger partial charge on any atom is -0.480 e. The number of ether oxygens (including phenoxy) is 1. The molecule has 40 heavy (non-hydrogen) atoms. The molecular weight excluding hydrogens is 525 g/mol. The lowest BCUT2D eigenvalue weighted by Gasteiger charge is -2.29. The van der Waals surface area contributed by atoms with Crippen LogP contribution in [0.4, 0.5) is 19.1 Å². The highest BCUT2D eigenvalue weighted by atomic mass is 19.4. The largest absolute Gasteiger partial charge is 0.480 e. The van der Waals surface area contributed by atoms with E-state index >= 15 is 0 Å². The van der Waals surface area contributed by atoms with Crippen LogP contribution in [-0.4, -0.2) is 47.3 Å². The Labute approximate surface area is 227 Å². The van der Waals surface area contributed by atoms with E-state index in [2.05, 4.69) is 15.0 Å². The van der Waals surface area contributed by atoms with Crippen molar-refractivity contribution < 1.29 is 22.7 Å². The molecular formula is C27H27F3N8O2. The number of fused-ring (bicyclic) bond motifs is 1. The van der Waals surface area contributed by atoms with Gasteiger partial charge in [0.25, 0.3) is 0 Å². The van der Waals surface area contributed by atoms with Crippen molar-refractivity contribution in [3.8, 4) is 28.7 Å². The number of hydrogen-bond acceptors (Lipinski definition) is 7. The third-order valence-corrected chi connectivity index (χ3v) is 7.21. The van der Waals surface area contributed by atoms with Crippen LogP contribution in [0.1, 0.15) is 49.6 Å². The molecule has 4 aromatic rings. The zero-order valence-electron chi connectivity index (χ0n) is 22.2. The Balaban J connectivity index is 1.32. The van der Waals surface area contributed by atoms with Gasteiger partial charge in [-0.1, -0.05) is 31.2 Å². The standard InChI is InChI=1S/C27H27F3N8O2/c1-4-36-13-19(27(28,29)30)33-23(36)18-7-5-16(6-8-18)12-37-25(39)15(2)11-38-26(37)34-22(35-38)20-21(17-9-10-17)31-14-32-24(20)40-3/h5-8,13-15,17H,4,9-12H2,1-3H3. The highest BCUT2D eigenvalue weighted by Crippen LogP contribution is 2.45. The molecule has 10 nitrogen and oxygen atoms in total. The Morgan fingerprint density at radius 2 is 1.85 bits per heavy atom. The molecule has 1 atom stereocenters. The fourth-order valence-electron chi connectivity index (χ4n) is 4.99. The molecule has 1 aliphatic carbocycles. The third-order valence-electron chi connectivity index (χ3n) is 7.21. The van der Waals surface area contributed by atoms with Crippen LogP contribution in [0.15, 0.2) is 36.8 Å². The topological polar surface area (TPSA) is 104 Å². The van der Waals surface area contributed by atoms with Crippen LogP contribution in [0.3, 0.4) is 0 Å². The number of rotatable bonds is 7. The van der Waals surface area contributed by atoms with E-state index in [1.165, 1.54) is 18.0 Å². The summed E-state index contributed by atoms with van der Waals surface area (Å²) >= 11 is 0. The van der Waals surface area contributed by atoms with Crippen molar-refractivity contribution in [1.29, 1.82) is 0 Å². The summed E-state index contributed by atoms with van der Waals surface area (Å²) in [5.41, 5.74) is 1.89. The Hall–Kier alpha value is -4.29.